The third-order valence-electron chi connectivity index (χ3n) is 2.44. The van der Waals surface area contributed by atoms with Crippen LogP contribution < -0.4 is 11.1 Å². The van der Waals surface area contributed by atoms with Gasteiger partial charge in [-0.05, 0) is 12.8 Å². The normalized spacial score (nSPS) is 28.7. The van der Waals surface area contributed by atoms with Crippen molar-refractivity contribution < 1.29 is 13.6 Å². The zero-order chi connectivity index (χ0) is 10.1. The van der Waals surface area contributed by atoms with E-state index in [0.29, 0.717) is 13.0 Å². The van der Waals surface area contributed by atoms with Gasteiger partial charge in [-0.3, -0.25) is 4.79 Å². The summed E-state index contributed by atoms with van der Waals surface area (Å²) in [6.45, 7) is 3.99. The predicted molar refractivity (Wildman–Crippen MR) is 44.0 cm³/mol. The molecule has 1 saturated heterocycles. The molecule has 0 radical (unpaired) electrons. The highest BCUT2D eigenvalue weighted by Crippen LogP contribution is 2.39. The molecule has 0 aromatic rings. The highest BCUT2D eigenvalue weighted by Gasteiger charge is 2.49. The molecule has 1 atom stereocenters. The molecular weight excluding hydrogens is 178 g/mol. The predicted octanol–water partition coefficient (Wildman–Crippen LogP) is 0.620. The summed E-state index contributed by atoms with van der Waals surface area (Å²) >= 11 is 0. The van der Waals surface area contributed by atoms with Gasteiger partial charge in [-0.15, -0.1) is 0 Å². The first kappa shape index (κ1) is 9.95. The first-order valence-corrected chi connectivity index (χ1v) is 4.03. The number of piperidine rings is 1. The van der Waals surface area contributed by atoms with Crippen LogP contribution in [0.4, 0.5) is 8.78 Å². The Bertz CT molecular complexity index is 242. The van der Waals surface area contributed by atoms with Gasteiger partial charge in [0.15, 0.2) is 0 Å². The summed E-state index contributed by atoms with van der Waals surface area (Å²) in [5, 5.41) is 2.66. The Balaban J connectivity index is 3.00. The SMILES string of the molecule is C=C1NCCCC1(C(N)=O)C(F)F. The summed E-state index contributed by atoms with van der Waals surface area (Å²) in [7, 11) is 0. The molecule has 0 aliphatic carbocycles. The van der Waals surface area contributed by atoms with Crippen molar-refractivity contribution in [2.45, 2.75) is 19.3 Å². The van der Waals surface area contributed by atoms with Gasteiger partial charge in [-0.1, -0.05) is 6.58 Å². The highest BCUT2D eigenvalue weighted by molar-refractivity contribution is 5.84. The fourth-order valence-electron chi connectivity index (χ4n) is 1.54. The Morgan fingerprint density at radius 1 is 1.69 bits per heavy atom. The zero-order valence-corrected chi connectivity index (χ0v) is 7.15. The maximum absolute atomic E-state index is 12.7. The van der Waals surface area contributed by atoms with Gasteiger partial charge in [-0.2, -0.15) is 0 Å². The maximum Gasteiger partial charge on any atom is 0.258 e. The van der Waals surface area contributed by atoms with E-state index < -0.39 is 17.7 Å². The van der Waals surface area contributed by atoms with Gasteiger partial charge in [0.2, 0.25) is 5.91 Å². The van der Waals surface area contributed by atoms with E-state index in [1.54, 1.807) is 0 Å². The molecule has 1 aliphatic heterocycles. The van der Waals surface area contributed by atoms with Crippen molar-refractivity contribution in [1.29, 1.82) is 0 Å². The summed E-state index contributed by atoms with van der Waals surface area (Å²) in [6, 6.07) is 0. The molecule has 0 bridgehead atoms. The quantitative estimate of drug-likeness (QED) is 0.670. The van der Waals surface area contributed by atoms with E-state index in [0.717, 1.165) is 0 Å². The first-order valence-electron chi connectivity index (χ1n) is 4.03. The van der Waals surface area contributed by atoms with Gasteiger partial charge in [0.05, 0.1) is 0 Å². The van der Waals surface area contributed by atoms with E-state index in [4.69, 9.17) is 5.73 Å². The van der Waals surface area contributed by atoms with E-state index in [2.05, 4.69) is 11.9 Å². The number of amides is 1. The Morgan fingerprint density at radius 3 is 2.62 bits per heavy atom. The van der Waals surface area contributed by atoms with E-state index in [9.17, 15) is 13.6 Å². The minimum absolute atomic E-state index is 0.0428. The second kappa shape index (κ2) is 3.32. The third kappa shape index (κ3) is 1.38. The maximum atomic E-state index is 12.7. The molecule has 13 heavy (non-hydrogen) atoms. The van der Waals surface area contributed by atoms with Crippen LogP contribution in [0.2, 0.25) is 0 Å². The van der Waals surface area contributed by atoms with Crippen molar-refractivity contribution in [2.24, 2.45) is 11.1 Å². The fourth-order valence-corrected chi connectivity index (χ4v) is 1.54. The van der Waals surface area contributed by atoms with Crippen LogP contribution in [-0.4, -0.2) is 18.9 Å². The summed E-state index contributed by atoms with van der Waals surface area (Å²) < 4.78 is 25.4. The number of hydrogen-bond donors (Lipinski definition) is 2. The number of nitrogens with two attached hydrogens (primary N) is 1. The van der Waals surface area contributed by atoms with Gasteiger partial charge in [0, 0.05) is 12.2 Å². The van der Waals surface area contributed by atoms with Crippen molar-refractivity contribution >= 4 is 5.91 Å². The molecule has 1 amide bonds. The van der Waals surface area contributed by atoms with Crippen molar-refractivity contribution in [2.75, 3.05) is 6.54 Å². The Morgan fingerprint density at radius 2 is 2.31 bits per heavy atom. The van der Waals surface area contributed by atoms with Gasteiger partial charge in [0.1, 0.15) is 5.41 Å². The molecule has 1 unspecified atom stereocenters. The summed E-state index contributed by atoms with van der Waals surface area (Å²) in [6.07, 6.45) is -2.21. The monoisotopic (exact) mass is 190 g/mol. The molecule has 5 heteroatoms. The minimum atomic E-state index is -2.79. The first-order chi connectivity index (χ1) is 6.01. The number of carbonyl (C=O) groups is 1. The van der Waals surface area contributed by atoms with Crippen molar-refractivity contribution in [3.63, 3.8) is 0 Å². The summed E-state index contributed by atoms with van der Waals surface area (Å²) in [4.78, 5) is 11.0. The lowest BCUT2D eigenvalue weighted by molar-refractivity contribution is -0.135. The average Bonchev–Trinajstić information content (AvgIpc) is 2.04. The van der Waals surface area contributed by atoms with E-state index in [1.807, 2.05) is 0 Å². The van der Waals surface area contributed by atoms with Crippen LogP contribution in [0.3, 0.4) is 0 Å². The Kier molecular flexibility index (Phi) is 2.54. The Hall–Kier alpha value is -1.13. The third-order valence-corrected chi connectivity index (χ3v) is 2.44. The van der Waals surface area contributed by atoms with E-state index >= 15 is 0 Å². The van der Waals surface area contributed by atoms with Crippen LogP contribution in [0.5, 0.6) is 0 Å². The van der Waals surface area contributed by atoms with Gasteiger partial charge in [-0.25, -0.2) is 8.78 Å². The van der Waals surface area contributed by atoms with Gasteiger partial charge >= 0.3 is 0 Å². The van der Waals surface area contributed by atoms with E-state index in [1.165, 1.54) is 0 Å². The van der Waals surface area contributed by atoms with Crippen LogP contribution in [0.15, 0.2) is 12.3 Å². The summed E-state index contributed by atoms with van der Waals surface area (Å²) in [5.74, 6) is -1.00. The molecule has 0 spiro atoms. The second-order valence-corrected chi connectivity index (χ2v) is 3.15. The van der Waals surface area contributed by atoms with Crippen LogP contribution in [0.25, 0.3) is 0 Å². The van der Waals surface area contributed by atoms with Crippen LogP contribution in [0.1, 0.15) is 12.8 Å². The minimum Gasteiger partial charge on any atom is -0.388 e. The highest BCUT2D eigenvalue weighted by atomic mass is 19.3. The number of nitrogens with one attached hydrogen (secondary N) is 1. The van der Waals surface area contributed by atoms with Crippen LogP contribution in [0, 0.1) is 5.41 Å². The van der Waals surface area contributed by atoms with Crippen molar-refractivity contribution in [3.8, 4) is 0 Å². The van der Waals surface area contributed by atoms with Gasteiger partial charge in [0.25, 0.3) is 6.43 Å². The fraction of sp³-hybridized carbons (Fsp3) is 0.625. The average molecular weight is 190 g/mol. The van der Waals surface area contributed by atoms with Crippen molar-refractivity contribution in [1.82, 2.24) is 5.32 Å². The number of carbonyl (C=O) groups excluding carboxylic acids is 1. The van der Waals surface area contributed by atoms with Crippen molar-refractivity contribution in [3.05, 3.63) is 12.3 Å². The number of primary amides is 1. The Labute approximate surface area is 75.0 Å². The molecule has 1 aliphatic rings. The van der Waals surface area contributed by atoms with Crippen LogP contribution in [-0.2, 0) is 4.79 Å². The lowest BCUT2D eigenvalue weighted by atomic mass is 9.77. The number of alkyl halides is 2. The number of hydrogen-bond acceptors (Lipinski definition) is 2. The molecule has 0 aromatic heterocycles. The molecule has 1 heterocycles. The number of rotatable bonds is 2. The molecular formula is C8H12F2N2O. The topological polar surface area (TPSA) is 55.1 Å². The molecule has 3 nitrogen and oxygen atoms in total. The van der Waals surface area contributed by atoms with Crippen LogP contribution >= 0.6 is 0 Å². The zero-order valence-electron chi connectivity index (χ0n) is 7.15. The molecule has 1 fully saturated rings. The molecule has 74 valence electrons. The largest absolute Gasteiger partial charge is 0.388 e. The molecule has 3 N–H and O–H groups in total. The van der Waals surface area contributed by atoms with Gasteiger partial charge < -0.3 is 11.1 Å². The second-order valence-electron chi connectivity index (χ2n) is 3.15. The lowest BCUT2D eigenvalue weighted by Crippen LogP contribution is -2.50. The smallest absolute Gasteiger partial charge is 0.258 e. The number of halogens is 2. The summed E-state index contributed by atoms with van der Waals surface area (Å²) in [5.41, 5.74) is 3.15. The van der Waals surface area contributed by atoms with E-state index in [-0.39, 0.29) is 12.1 Å². The molecule has 1 rings (SSSR count). The standard InChI is InChI=1S/C8H12F2N2O/c1-5-8(6(9)10,7(11)13)3-2-4-12-5/h6,12H,1-4H2,(H2,11,13). The lowest BCUT2D eigenvalue weighted by Gasteiger charge is -2.36. The molecule has 0 saturated carbocycles. The molecule has 0 aromatic carbocycles.